The molecule has 0 unspecified atom stereocenters. The maximum Gasteiger partial charge on any atom is 0.129 e. The van der Waals surface area contributed by atoms with E-state index in [1.54, 1.807) is 12.1 Å². The maximum absolute atomic E-state index is 13.5. The van der Waals surface area contributed by atoms with Gasteiger partial charge in [-0.1, -0.05) is 17.7 Å². The minimum absolute atomic E-state index is 0.232. The van der Waals surface area contributed by atoms with Crippen LogP contribution in [0.1, 0.15) is 5.56 Å². The van der Waals surface area contributed by atoms with E-state index in [2.05, 4.69) is 9.80 Å². The molecule has 0 atom stereocenters. The molecular weight excluding hydrogens is 227 g/mol. The zero-order valence-corrected chi connectivity index (χ0v) is 10.8. The average Bonchev–Trinajstić information content (AvgIpc) is 2.21. The van der Waals surface area contributed by atoms with Gasteiger partial charge in [-0.2, -0.15) is 0 Å². The number of nitrogens with zero attached hydrogens (tertiary/aromatic N) is 2. The van der Waals surface area contributed by atoms with Crippen LogP contribution < -0.4 is 0 Å². The summed E-state index contributed by atoms with van der Waals surface area (Å²) in [5.41, 5.74) is 0.574. The van der Waals surface area contributed by atoms with Crippen molar-refractivity contribution in [1.29, 1.82) is 0 Å². The van der Waals surface area contributed by atoms with Gasteiger partial charge in [0, 0.05) is 30.2 Å². The van der Waals surface area contributed by atoms with Gasteiger partial charge in [0.05, 0.1) is 0 Å². The van der Waals surface area contributed by atoms with Crippen LogP contribution in [0.5, 0.6) is 0 Å². The number of benzene rings is 1. The highest BCUT2D eigenvalue weighted by molar-refractivity contribution is 6.31. The standard InChI is InChI=1S/C12H18ClFN2/c1-15(2)7-8-16(3)9-10-11(13)5-4-6-12(10)14/h4-6H,7-9H2,1-3H3. The fourth-order valence-electron chi connectivity index (χ4n) is 1.40. The van der Waals surface area contributed by atoms with Crippen molar-refractivity contribution in [3.8, 4) is 0 Å². The van der Waals surface area contributed by atoms with E-state index >= 15 is 0 Å². The fourth-order valence-corrected chi connectivity index (χ4v) is 1.63. The van der Waals surface area contributed by atoms with E-state index < -0.39 is 0 Å². The molecule has 16 heavy (non-hydrogen) atoms. The third kappa shape index (κ3) is 4.08. The number of hydrogen-bond donors (Lipinski definition) is 0. The molecule has 1 aromatic carbocycles. The summed E-state index contributed by atoms with van der Waals surface area (Å²) in [6.45, 7) is 2.37. The molecule has 0 aliphatic carbocycles. The number of halogens is 2. The van der Waals surface area contributed by atoms with Gasteiger partial charge >= 0.3 is 0 Å². The largest absolute Gasteiger partial charge is 0.308 e. The van der Waals surface area contributed by atoms with E-state index in [-0.39, 0.29) is 5.82 Å². The Labute approximate surface area is 102 Å². The Kier molecular flexibility index (Phi) is 5.19. The van der Waals surface area contributed by atoms with Gasteiger partial charge in [0.15, 0.2) is 0 Å². The van der Waals surface area contributed by atoms with Crippen LogP contribution in [0.3, 0.4) is 0 Å². The highest BCUT2D eigenvalue weighted by Gasteiger charge is 2.09. The molecule has 0 aliphatic heterocycles. The van der Waals surface area contributed by atoms with Crippen molar-refractivity contribution in [1.82, 2.24) is 9.80 Å². The summed E-state index contributed by atoms with van der Waals surface area (Å²) in [5.74, 6) is -0.232. The van der Waals surface area contributed by atoms with Crippen LogP contribution >= 0.6 is 11.6 Å². The third-order valence-corrected chi connectivity index (χ3v) is 2.77. The Morgan fingerprint density at radius 2 is 1.88 bits per heavy atom. The first-order valence-electron chi connectivity index (χ1n) is 5.27. The van der Waals surface area contributed by atoms with E-state index in [9.17, 15) is 4.39 Å². The SMILES string of the molecule is CN(C)CCN(C)Cc1c(F)cccc1Cl. The highest BCUT2D eigenvalue weighted by atomic mass is 35.5. The third-order valence-electron chi connectivity index (χ3n) is 2.42. The van der Waals surface area contributed by atoms with Gasteiger partial charge in [-0.25, -0.2) is 4.39 Å². The summed E-state index contributed by atoms with van der Waals surface area (Å²) >= 11 is 5.96. The monoisotopic (exact) mass is 244 g/mol. The van der Waals surface area contributed by atoms with Crippen molar-refractivity contribution in [3.05, 3.63) is 34.6 Å². The first-order chi connectivity index (χ1) is 7.50. The average molecular weight is 245 g/mol. The van der Waals surface area contributed by atoms with E-state index in [4.69, 9.17) is 11.6 Å². The summed E-state index contributed by atoms with van der Waals surface area (Å²) in [6, 6.07) is 4.79. The van der Waals surface area contributed by atoms with Crippen molar-refractivity contribution in [2.24, 2.45) is 0 Å². The molecule has 0 bridgehead atoms. The van der Waals surface area contributed by atoms with E-state index in [1.165, 1.54) is 6.07 Å². The van der Waals surface area contributed by atoms with Gasteiger partial charge in [0.2, 0.25) is 0 Å². The first kappa shape index (κ1) is 13.4. The molecule has 2 nitrogen and oxygen atoms in total. The normalized spacial score (nSPS) is 11.4. The van der Waals surface area contributed by atoms with Crippen LogP contribution in [0, 0.1) is 5.82 Å². The maximum atomic E-state index is 13.5. The number of rotatable bonds is 5. The Balaban J connectivity index is 2.59. The van der Waals surface area contributed by atoms with Gasteiger partial charge in [-0.3, -0.25) is 0 Å². The molecule has 0 aliphatic rings. The molecule has 90 valence electrons. The molecule has 0 amide bonds. The van der Waals surface area contributed by atoms with Crippen LogP contribution in [0.15, 0.2) is 18.2 Å². The Morgan fingerprint density at radius 3 is 2.44 bits per heavy atom. The first-order valence-corrected chi connectivity index (χ1v) is 5.64. The molecule has 0 radical (unpaired) electrons. The van der Waals surface area contributed by atoms with Gasteiger partial charge in [0.25, 0.3) is 0 Å². The minimum Gasteiger partial charge on any atom is -0.308 e. The molecule has 0 N–H and O–H groups in total. The van der Waals surface area contributed by atoms with E-state index in [1.807, 2.05) is 21.1 Å². The summed E-state index contributed by atoms with van der Waals surface area (Å²) in [4.78, 5) is 4.16. The zero-order valence-electron chi connectivity index (χ0n) is 10.0. The lowest BCUT2D eigenvalue weighted by molar-refractivity contribution is 0.273. The minimum atomic E-state index is -0.232. The molecule has 0 spiro atoms. The van der Waals surface area contributed by atoms with Crippen molar-refractivity contribution in [3.63, 3.8) is 0 Å². The van der Waals surface area contributed by atoms with Crippen molar-refractivity contribution < 1.29 is 4.39 Å². The lowest BCUT2D eigenvalue weighted by atomic mass is 10.2. The molecule has 1 rings (SSSR count). The van der Waals surface area contributed by atoms with Crippen LogP contribution in [-0.2, 0) is 6.54 Å². The molecule has 1 aromatic rings. The molecular formula is C12H18ClFN2. The van der Waals surface area contributed by atoms with Crippen LogP contribution in [0.2, 0.25) is 5.02 Å². The van der Waals surface area contributed by atoms with Crippen molar-refractivity contribution in [2.75, 3.05) is 34.2 Å². The second-order valence-electron chi connectivity index (χ2n) is 4.24. The second-order valence-corrected chi connectivity index (χ2v) is 4.65. The van der Waals surface area contributed by atoms with Crippen LogP contribution in [0.4, 0.5) is 4.39 Å². The molecule has 0 heterocycles. The highest BCUT2D eigenvalue weighted by Crippen LogP contribution is 2.20. The molecule has 0 fully saturated rings. The topological polar surface area (TPSA) is 6.48 Å². The quantitative estimate of drug-likeness (QED) is 0.785. The lowest BCUT2D eigenvalue weighted by Gasteiger charge is -2.20. The second kappa shape index (κ2) is 6.18. The summed E-state index contributed by atoms with van der Waals surface area (Å²) < 4.78 is 13.5. The van der Waals surface area contributed by atoms with E-state index in [0.717, 1.165) is 13.1 Å². The molecule has 0 saturated carbocycles. The Bertz CT molecular complexity index is 322. The summed E-state index contributed by atoms with van der Waals surface area (Å²) in [5, 5.41) is 0.497. The fraction of sp³-hybridized carbons (Fsp3) is 0.500. The van der Waals surface area contributed by atoms with Crippen molar-refractivity contribution >= 4 is 11.6 Å². The zero-order chi connectivity index (χ0) is 12.1. The molecule has 4 heteroatoms. The van der Waals surface area contributed by atoms with Crippen LogP contribution in [-0.4, -0.2) is 44.0 Å². The number of hydrogen-bond acceptors (Lipinski definition) is 2. The predicted molar refractivity (Wildman–Crippen MR) is 66.3 cm³/mol. The van der Waals surface area contributed by atoms with Gasteiger partial charge < -0.3 is 9.80 Å². The van der Waals surface area contributed by atoms with E-state index in [0.29, 0.717) is 17.1 Å². The van der Waals surface area contributed by atoms with Crippen molar-refractivity contribution in [2.45, 2.75) is 6.54 Å². The Hall–Kier alpha value is -0.640. The van der Waals surface area contributed by atoms with Gasteiger partial charge in [0.1, 0.15) is 5.82 Å². The smallest absolute Gasteiger partial charge is 0.129 e. The molecule has 0 aromatic heterocycles. The lowest BCUT2D eigenvalue weighted by Crippen LogP contribution is -2.28. The number of likely N-dealkylation sites (N-methyl/N-ethyl adjacent to an activating group) is 2. The Morgan fingerprint density at radius 1 is 1.19 bits per heavy atom. The molecule has 0 saturated heterocycles. The summed E-state index contributed by atoms with van der Waals surface area (Å²) in [7, 11) is 6.00. The van der Waals surface area contributed by atoms with Crippen LogP contribution in [0.25, 0.3) is 0 Å². The predicted octanol–water partition coefficient (Wildman–Crippen LogP) is 2.47. The van der Waals surface area contributed by atoms with Gasteiger partial charge in [-0.05, 0) is 33.3 Å². The summed E-state index contributed by atoms with van der Waals surface area (Å²) in [6.07, 6.45) is 0. The van der Waals surface area contributed by atoms with Gasteiger partial charge in [-0.15, -0.1) is 0 Å².